The van der Waals surface area contributed by atoms with Gasteiger partial charge in [0.25, 0.3) is 0 Å². The Morgan fingerprint density at radius 2 is 1.92 bits per heavy atom. The molecule has 0 aliphatic carbocycles. The molecule has 0 heterocycles. The maximum Gasteiger partial charge on any atom is 0.337 e. The molecule has 0 atom stereocenters. The quantitative estimate of drug-likeness (QED) is 0.718. The van der Waals surface area contributed by atoms with Crippen LogP contribution in [0.5, 0.6) is 0 Å². The minimum absolute atomic E-state index is 0.0144. The summed E-state index contributed by atoms with van der Waals surface area (Å²) in [5.74, 6) is -1.10. The number of aromatic carboxylic acids is 1. The van der Waals surface area contributed by atoms with Gasteiger partial charge in [0, 0.05) is 4.90 Å². The van der Waals surface area contributed by atoms with Crippen LogP contribution in [-0.4, -0.2) is 11.1 Å². The number of thiol groups is 1. The van der Waals surface area contributed by atoms with Crippen LogP contribution in [0, 0.1) is 0 Å². The zero-order valence-corrected chi connectivity index (χ0v) is 8.12. The van der Waals surface area contributed by atoms with Crippen LogP contribution in [0.3, 0.4) is 0 Å². The van der Waals surface area contributed by atoms with Crippen LogP contribution < -0.4 is 0 Å². The lowest BCUT2D eigenvalue weighted by Gasteiger charge is -2.01. The maximum atomic E-state index is 10.5. The number of carbonyl (C=O) groups is 1. The highest BCUT2D eigenvalue weighted by Crippen LogP contribution is 2.27. The number of hydrogen-bond donors (Lipinski definition) is 2. The fraction of sp³-hybridized carbons (Fsp3) is 0. The van der Waals surface area contributed by atoms with Crippen molar-refractivity contribution in [2.24, 2.45) is 0 Å². The highest BCUT2D eigenvalue weighted by molar-refractivity contribution is 7.80. The van der Waals surface area contributed by atoms with Crippen molar-refractivity contribution in [2.45, 2.75) is 4.90 Å². The molecule has 12 heavy (non-hydrogen) atoms. The third-order valence-corrected chi connectivity index (χ3v) is 2.39. The molecular formula is C7H4Cl2O2S. The third kappa shape index (κ3) is 1.86. The topological polar surface area (TPSA) is 37.3 Å². The molecule has 2 nitrogen and oxygen atoms in total. The number of hydrogen-bond acceptors (Lipinski definition) is 2. The number of benzene rings is 1. The Labute approximate surface area is 84.5 Å². The summed E-state index contributed by atoms with van der Waals surface area (Å²) in [4.78, 5) is 11.0. The third-order valence-electron chi connectivity index (χ3n) is 1.27. The monoisotopic (exact) mass is 222 g/mol. The Balaban J connectivity index is 3.33. The van der Waals surface area contributed by atoms with Crippen LogP contribution in [0.25, 0.3) is 0 Å². The van der Waals surface area contributed by atoms with E-state index < -0.39 is 5.97 Å². The maximum absolute atomic E-state index is 10.5. The van der Waals surface area contributed by atoms with E-state index in [1.807, 2.05) is 0 Å². The van der Waals surface area contributed by atoms with Gasteiger partial charge < -0.3 is 5.11 Å². The fourth-order valence-corrected chi connectivity index (χ4v) is 1.38. The predicted molar refractivity (Wildman–Crippen MR) is 50.7 cm³/mol. The summed E-state index contributed by atoms with van der Waals surface area (Å²) < 4.78 is 0. The molecule has 1 rings (SSSR count). The van der Waals surface area contributed by atoms with Crippen LogP contribution >= 0.6 is 35.8 Å². The van der Waals surface area contributed by atoms with E-state index in [9.17, 15) is 4.79 Å². The molecule has 5 heteroatoms. The molecular weight excluding hydrogens is 219 g/mol. The van der Waals surface area contributed by atoms with Crippen molar-refractivity contribution in [3.63, 3.8) is 0 Å². The van der Waals surface area contributed by atoms with Crippen molar-refractivity contribution in [3.05, 3.63) is 27.7 Å². The predicted octanol–water partition coefficient (Wildman–Crippen LogP) is 2.98. The van der Waals surface area contributed by atoms with Gasteiger partial charge in [0.2, 0.25) is 0 Å². The molecule has 0 saturated heterocycles. The molecule has 0 fully saturated rings. The SMILES string of the molecule is O=C(O)c1cc(Cl)c(S)cc1Cl. The fourth-order valence-electron chi connectivity index (χ4n) is 0.700. The lowest BCUT2D eigenvalue weighted by molar-refractivity contribution is 0.0697. The first-order chi connectivity index (χ1) is 5.52. The lowest BCUT2D eigenvalue weighted by atomic mass is 10.2. The van der Waals surface area contributed by atoms with Crippen molar-refractivity contribution < 1.29 is 9.90 Å². The zero-order chi connectivity index (χ0) is 9.30. The molecule has 0 spiro atoms. The second-order valence-corrected chi connectivity index (χ2v) is 3.38. The normalized spacial score (nSPS) is 9.92. The van der Waals surface area contributed by atoms with Crippen LogP contribution in [0.1, 0.15) is 10.4 Å². The second-order valence-electron chi connectivity index (χ2n) is 2.09. The minimum atomic E-state index is -1.10. The highest BCUT2D eigenvalue weighted by atomic mass is 35.5. The number of carboxylic acid groups (broad SMARTS) is 1. The van der Waals surface area contributed by atoms with Gasteiger partial charge in [-0.2, -0.15) is 0 Å². The van der Waals surface area contributed by atoms with Crippen molar-refractivity contribution in [1.82, 2.24) is 0 Å². The van der Waals surface area contributed by atoms with Crippen molar-refractivity contribution in [3.8, 4) is 0 Å². The molecule has 1 aromatic carbocycles. The van der Waals surface area contributed by atoms with Crippen LogP contribution in [0.4, 0.5) is 0 Å². The van der Waals surface area contributed by atoms with Crippen LogP contribution in [-0.2, 0) is 0 Å². The minimum Gasteiger partial charge on any atom is -0.478 e. The van der Waals surface area contributed by atoms with E-state index in [1.54, 1.807) is 0 Å². The summed E-state index contributed by atoms with van der Waals surface area (Å²) in [6.07, 6.45) is 0. The van der Waals surface area contributed by atoms with Crippen molar-refractivity contribution >= 4 is 41.8 Å². The molecule has 0 saturated carbocycles. The standard InChI is InChI=1S/C7H4Cl2O2S/c8-4-2-6(12)5(9)1-3(4)7(10)11/h1-2,12H,(H,10,11). The lowest BCUT2D eigenvalue weighted by Crippen LogP contribution is -1.97. The Bertz CT molecular complexity index is 338. The van der Waals surface area contributed by atoms with Gasteiger partial charge in [-0.25, -0.2) is 4.79 Å². The average molecular weight is 223 g/mol. The Morgan fingerprint density at radius 1 is 1.33 bits per heavy atom. The summed E-state index contributed by atoms with van der Waals surface area (Å²) in [6, 6.07) is 2.67. The van der Waals surface area contributed by atoms with Gasteiger partial charge in [-0.05, 0) is 12.1 Å². The summed E-state index contributed by atoms with van der Waals surface area (Å²) >= 11 is 15.2. The zero-order valence-electron chi connectivity index (χ0n) is 5.71. The summed E-state index contributed by atoms with van der Waals surface area (Å²) in [7, 11) is 0. The summed E-state index contributed by atoms with van der Waals surface area (Å²) in [5, 5.41) is 9.03. The molecule has 1 N–H and O–H groups in total. The summed E-state index contributed by atoms with van der Waals surface area (Å²) in [5.41, 5.74) is -0.0144. The van der Waals surface area contributed by atoms with Gasteiger partial charge in [-0.1, -0.05) is 23.2 Å². The van der Waals surface area contributed by atoms with Crippen LogP contribution in [0.2, 0.25) is 10.0 Å². The molecule has 0 aliphatic rings. The van der Waals surface area contributed by atoms with E-state index in [2.05, 4.69) is 12.6 Å². The number of halogens is 2. The molecule has 0 radical (unpaired) electrons. The molecule has 0 aromatic heterocycles. The van der Waals surface area contributed by atoms with E-state index in [1.165, 1.54) is 12.1 Å². The molecule has 0 unspecified atom stereocenters. The first-order valence-corrected chi connectivity index (χ1v) is 4.14. The van der Waals surface area contributed by atoms with Crippen molar-refractivity contribution in [2.75, 3.05) is 0 Å². The summed E-state index contributed by atoms with van der Waals surface area (Å²) in [6.45, 7) is 0. The van der Waals surface area contributed by atoms with E-state index in [0.717, 1.165) is 0 Å². The van der Waals surface area contributed by atoms with Crippen molar-refractivity contribution in [1.29, 1.82) is 0 Å². The largest absolute Gasteiger partial charge is 0.478 e. The molecule has 0 aliphatic heterocycles. The van der Waals surface area contributed by atoms with Gasteiger partial charge in [0.15, 0.2) is 0 Å². The first-order valence-electron chi connectivity index (χ1n) is 2.93. The highest BCUT2D eigenvalue weighted by Gasteiger charge is 2.10. The van der Waals surface area contributed by atoms with Crippen LogP contribution in [0.15, 0.2) is 17.0 Å². The smallest absolute Gasteiger partial charge is 0.337 e. The Kier molecular flexibility index (Phi) is 2.88. The van der Waals surface area contributed by atoms with E-state index in [4.69, 9.17) is 28.3 Å². The van der Waals surface area contributed by atoms with E-state index in [-0.39, 0.29) is 15.6 Å². The Morgan fingerprint density at radius 3 is 2.42 bits per heavy atom. The number of carboxylic acids is 1. The number of rotatable bonds is 1. The van der Waals surface area contributed by atoms with Gasteiger partial charge in [-0.15, -0.1) is 12.6 Å². The van der Waals surface area contributed by atoms with Gasteiger partial charge >= 0.3 is 5.97 Å². The van der Waals surface area contributed by atoms with Gasteiger partial charge in [0.1, 0.15) is 0 Å². The molecule has 0 amide bonds. The van der Waals surface area contributed by atoms with E-state index in [0.29, 0.717) is 4.90 Å². The van der Waals surface area contributed by atoms with E-state index >= 15 is 0 Å². The average Bonchev–Trinajstić information content (AvgIpc) is 1.96. The molecule has 1 aromatic rings. The molecule has 64 valence electrons. The second kappa shape index (κ2) is 3.56. The first kappa shape index (κ1) is 9.71. The van der Waals surface area contributed by atoms with Gasteiger partial charge in [0.05, 0.1) is 15.6 Å². The van der Waals surface area contributed by atoms with Gasteiger partial charge in [-0.3, -0.25) is 0 Å². The Hall–Kier alpha value is -0.380. The molecule has 0 bridgehead atoms.